The minimum atomic E-state index is -0.324. The van der Waals surface area contributed by atoms with Crippen molar-refractivity contribution in [1.29, 1.82) is 0 Å². The Kier molecular flexibility index (Phi) is 6.10. The van der Waals surface area contributed by atoms with Crippen molar-refractivity contribution in [3.05, 3.63) is 59.0 Å². The fraction of sp³-hybridized carbons (Fsp3) is 0.423. The Balaban J connectivity index is 1.65. The molecule has 3 aromatic rings. The SMILES string of the molecule is Cc1cc(C(=O)NC(C)(C)C)cc(-c2ccc3[nH]c(CN4CCC[C@@H]4CO)c(F)c3c2)c1. The second kappa shape index (κ2) is 8.68. The van der Waals surface area contributed by atoms with Crippen LogP contribution in [0, 0.1) is 12.7 Å². The van der Waals surface area contributed by atoms with Crippen LogP contribution in [0.4, 0.5) is 4.39 Å². The molecule has 0 radical (unpaired) electrons. The lowest BCUT2D eigenvalue weighted by Crippen LogP contribution is -2.40. The quantitative estimate of drug-likeness (QED) is 0.539. The summed E-state index contributed by atoms with van der Waals surface area (Å²) in [5, 5.41) is 13.1. The largest absolute Gasteiger partial charge is 0.395 e. The van der Waals surface area contributed by atoms with Crippen LogP contribution in [0.25, 0.3) is 22.0 Å². The van der Waals surface area contributed by atoms with Gasteiger partial charge in [-0.3, -0.25) is 9.69 Å². The number of carbonyl (C=O) groups is 1. The van der Waals surface area contributed by atoms with Gasteiger partial charge in [0.1, 0.15) is 0 Å². The van der Waals surface area contributed by atoms with Crippen molar-refractivity contribution in [1.82, 2.24) is 15.2 Å². The van der Waals surface area contributed by atoms with Crippen LogP contribution in [0.5, 0.6) is 0 Å². The first-order valence-corrected chi connectivity index (χ1v) is 11.2. The van der Waals surface area contributed by atoms with Crippen molar-refractivity contribution in [3.63, 3.8) is 0 Å². The van der Waals surface area contributed by atoms with Gasteiger partial charge in [-0.15, -0.1) is 0 Å². The van der Waals surface area contributed by atoms with Gasteiger partial charge in [-0.1, -0.05) is 12.1 Å². The van der Waals surface area contributed by atoms with Crippen LogP contribution < -0.4 is 5.32 Å². The van der Waals surface area contributed by atoms with E-state index in [1.807, 2.05) is 64.1 Å². The first kappa shape index (κ1) is 22.5. The van der Waals surface area contributed by atoms with Crippen LogP contribution in [0.3, 0.4) is 0 Å². The third-order valence-electron chi connectivity index (χ3n) is 6.04. The van der Waals surface area contributed by atoms with Crippen molar-refractivity contribution >= 4 is 16.8 Å². The van der Waals surface area contributed by atoms with E-state index in [1.54, 1.807) is 0 Å². The smallest absolute Gasteiger partial charge is 0.251 e. The highest BCUT2D eigenvalue weighted by molar-refractivity contribution is 5.96. The highest BCUT2D eigenvalue weighted by Gasteiger charge is 2.26. The minimum absolute atomic E-state index is 0.0985. The molecule has 1 aliphatic heterocycles. The highest BCUT2D eigenvalue weighted by Crippen LogP contribution is 2.30. The molecular formula is C26H32FN3O2. The zero-order valence-electron chi connectivity index (χ0n) is 19.3. The Morgan fingerprint density at radius 1 is 1.22 bits per heavy atom. The van der Waals surface area contributed by atoms with Crippen LogP contribution in [-0.2, 0) is 6.54 Å². The number of aliphatic hydroxyl groups excluding tert-OH is 1. The maximum absolute atomic E-state index is 15.3. The Bertz CT molecular complexity index is 1150. The van der Waals surface area contributed by atoms with Gasteiger partial charge in [-0.05, 0) is 88.0 Å². The van der Waals surface area contributed by atoms with E-state index in [0.29, 0.717) is 23.2 Å². The number of carbonyl (C=O) groups excluding carboxylic acids is 1. The molecule has 0 aliphatic carbocycles. The van der Waals surface area contributed by atoms with E-state index in [2.05, 4.69) is 15.2 Å². The van der Waals surface area contributed by atoms with E-state index < -0.39 is 0 Å². The molecule has 4 rings (SSSR count). The molecule has 1 amide bonds. The van der Waals surface area contributed by atoms with Crippen molar-refractivity contribution in [2.24, 2.45) is 0 Å². The van der Waals surface area contributed by atoms with Gasteiger partial charge in [0, 0.05) is 34.6 Å². The number of H-pyrrole nitrogens is 1. The molecule has 0 unspecified atom stereocenters. The first-order chi connectivity index (χ1) is 15.1. The van der Waals surface area contributed by atoms with Gasteiger partial charge in [-0.2, -0.15) is 0 Å². The monoisotopic (exact) mass is 437 g/mol. The maximum Gasteiger partial charge on any atom is 0.251 e. The van der Waals surface area contributed by atoms with Crippen molar-refractivity contribution in [2.45, 2.75) is 58.7 Å². The van der Waals surface area contributed by atoms with E-state index in [9.17, 15) is 9.90 Å². The van der Waals surface area contributed by atoms with E-state index in [1.165, 1.54) is 0 Å². The Labute approximate surface area is 188 Å². The number of aryl methyl sites for hydroxylation is 1. The number of aromatic nitrogens is 1. The van der Waals surface area contributed by atoms with E-state index >= 15 is 4.39 Å². The number of rotatable bonds is 5. The van der Waals surface area contributed by atoms with Crippen molar-refractivity contribution in [3.8, 4) is 11.1 Å². The maximum atomic E-state index is 15.3. The molecule has 1 aromatic heterocycles. The molecule has 5 nitrogen and oxygen atoms in total. The van der Waals surface area contributed by atoms with Gasteiger partial charge in [-0.25, -0.2) is 4.39 Å². The number of halogens is 1. The van der Waals surface area contributed by atoms with Gasteiger partial charge in [0.25, 0.3) is 5.91 Å². The zero-order valence-corrected chi connectivity index (χ0v) is 19.3. The summed E-state index contributed by atoms with van der Waals surface area (Å²) in [5.74, 6) is -0.369. The number of nitrogens with one attached hydrogen (secondary N) is 2. The van der Waals surface area contributed by atoms with Gasteiger partial charge in [0.2, 0.25) is 0 Å². The zero-order chi connectivity index (χ0) is 23.0. The predicted molar refractivity (Wildman–Crippen MR) is 126 cm³/mol. The lowest BCUT2D eigenvalue weighted by Gasteiger charge is -2.21. The highest BCUT2D eigenvalue weighted by atomic mass is 19.1. The van der Waals surface area contributed by atoms with E-state index in [0.717, 1.165) is 41.6 Å². The summed E-state index contributed by atoms with van der Waals surface area (Å²) >= 11 is 0. The van der Waals surface area contributed by atoms with E-state index in [4.69, 9.17) is 0 Å². The molecule has 2 aromatic carbocycles. The minimum Gasteiger partial charge on any atom is -0.395 e. The summed E-state index contributed by atoms with van der Waals surface area (Å²) in [5.41, 5.74) is 4.29. The second-order valence-electron chi connectivity index (χ2n) is 9.92. The van der Waals surface area contributed by atoms with Gasteiger partial charge >= 0.3 is 0 Å². The van der Waals surface area contributed by atoms with Gasteiger partial charge in [0.15, 0.2) is 5.82 Å². The average Bonchev–Trinajstić information content (AvgIpc) is 3.30. The molecule has 3 N–H and O–H groups in total. The molecule has 2 heterocycles. The number of hydrogen-bond donors (Lipinski definition) is 3. The van der Waals surface area contributed by atoms with Crippen molar-refractivity contribution < 1.29 is 14.3 Å². The molecule has 0 saturated carbocycles. The Morgan fingerprint density at radius 3 is 2.72 bits per heavy atom. The first-order valence-electron chi connectivity index (χ1n) is 11.2. The summed E-state index contributed by atoms with van der Waals surface area (Å²) in [6.07, 6.45) is 1.97. The number of benzene rings is 2. The lowest BCUT2D eigenvalue weighted by atomic mass is 9.98. The number of hydrogen-bond acceptors (Lipinski definition) is 3. The number of fused-ring (bicyclic) bond motifs is 1. The third-order valence-corrected chi connectivity index (χ3v) is 6.04. The van der Waals surface area contributed by atoms with Crippen LogP contribution >= 0.6 is 0 Å². The molecule has 6 heteroatoms. The number of aromatic amines is 1. The summed E-state index contributed by atoms with van der Waals surface area (Å²) in [6.45, 7) is 9.24. The molecular weight excluding hydrogens is 405 g/mol. The molecule has 32 heavy (non-hydrogen) atoms. The summed E-state index contributed by atoms with van der Waals surface area (Å²) in [6, 6.07) is 11.5. The second-order valence-corrected chi connectivity index (χ2v) is 9.92. The van der Waals surface area contributed by atoms with Crippen LogP contribution in [0.15, 0.2) is 36.4 Å². The lowest BCUT2D eigenvalue weighted by molar-refractivity contribution is 0.0919. The Hall–Kier alpha value is -2.70. The van der Waals surface area contributed by atoms with Crippen LogP contribution in [-0.4, -0.2) is 45.6 Å². The Morgan fingerprint density at radius 2 is 2.00 bits per heavy atom. The van der Waals surface area contributed by atoms with Crippen LogP contribution in [0.1, 0.15) is 55.2 Å². The molecule has 1 fully saturated rings. The molecule has 170 valence electrons. The standard InChI is InChI=1S/C26H32FN3O2/c1-16-10-18(12-19(11-16)25(32)29-26(2,3)4)17-7-8-22-21(13-17)24(27)23(28-22)14-30-9-5-6-20(30)15-31/h7-8,10-13,20,28,31H,5-6,9,14-15H2,1-4H3,(H,29,32)/t20-/m1/s1. The number of amides is 1. The average molecular weight is 438 g/mol. The normalized spacial score (nSPS) is 17.2. The summed E-state index contributed by atoms with van der Waals surface area (Å²) < 4.78 is 15.3. The van der Waals surface area contributed by atoms with Gasteiger partial charge < -0.3 is 15.4 Å². The molecule has 0 spiro atoms. The predicted octanol–water partition coefficient (Wildman–Crippen LogP) is 4.77. The van der Waals surface area contributed by atoms with Gasteiger partial charge in [0.05, 0.1) is 12.3 Å². The summed E-state index contributed by atoms with van der Waals surface area (Å²) in [4.78, 5) is 18.0. The van der Waals surface area contributed by atoms with E-state index in [-0.39, 0.29) is 29.9 Å². The molecule has 1 saturated heterocycles. The molecule has 1 atom stereocenters. The summed E-state index contributed by atoms with van der Waals surface area (Å²) in [7, 11) is 0. The number of aliphatic hydroxyl groups is 1. The molecule has 1 aliphatic rings. The number of nitrogens with zero attached hydrogens (tertiary/aromatic N) is 1. The fourth-order valence-corrected chi connectivity index (χ4v) is 4.51. The molecule has 0 bridgehead atoms. The van der Waals surface area contributed by atoms with Crippen molar-refractivity contribution in [2.75, 3.05) is 13.2 Å². The topological polar surface area (TPSA) is 68.4 Å². The third kappa shape index (κ3) is 4.71. The fourth-order valence-electron chi connectivity index (χ4n) is 4.51. The number of likely N-dealkylation sites (tertiary alicyclic amines) is 1. The van der Waals surface area contributed by atoms with Crippen LogP contribution in [0.2, 0.25) is 0 Å².